The molecule has 0 fully saturated rings. The first-order chi connectivity index (χ1) is 11.6. The number of aliphatic hydroxyl groups is 1. The Balaban J connectivity index is 2.08. The number of nitrogens with one attached hydrogen (secondary N) is 1. The molecule has 2 rings (SSSR count). The third kappa shape index (κ3) is 5.03. The molecule has 25 heavy (non-hydrogen) atoms. The summed E-state index contributed by atoms with van der Waals surface area (Å²) in [5.41, 5.74) is 0.967. The van der Waals surface area contributed by atoms with Crippen LogP contribution in [-0.4, -0.2) is 45.0 Å². The Hall–Kier alpha value is -2.41. The molecule has 1 aromatic heterocycles. The number of likely N-dealkylation sites (N-methyl/N-ethyl adjacent to an activating group) is 1. The van der Waals surface area contributed by atoms with Crippen molar-refractivity contribution in [2.24, 2.45) is 0 Å². The molecule has 0 aliphatic heterocycles. The van der Waals surface area contributed by atoms with Crippen LogP contribution >= 0.6 is 0 Å². The molecule has 2 N–H and O–H groups in total. The van der Waals surface area contributed by atoms with Crippen molar-refractivity contribution in [2.75, 3.05) is 13.6 Å². The number of benzene rings is 1. The topological polar surface area (TPSA) is 70.4 Å². The van der Waals surface area contributed by atoms with Gasteiger partial charge in [0.1, 0.15) is 11.5 Å². The maximum absolute atomic E-state index is 14.4. The Bertz CT molecular complexity index is 752. The van der Waals surface area contributed by atoms with E-state index in [9.17, 15) is 14.3 Å². The van der Waals surface area contributed by atoms with Crippen LogP contribution in [0.5, 0.6) is 0 Å². The van der Waals surface area contributed by atoms with Crippen molar-refractivity contribution < 1.29 is 14.3 Å². The van der Waals surface area contributed by atoms with E-state index in [0.717, 1.165) is 5.56 Å². The quantitative estimate of drug-likeness (QED) is 0.873. The second-order valence-electron chi connectivity index (χ2n) is 7.01. The van der Waals surface area contributed by atoms with Gasteiger partial charge in [0.15, 0.2) is 0 Å². The van der Waals surface area contributed by atoms with Gasteiger partial charge in [-0.1, -0.05) is 6.07 Å². The summed E-state index contributed by atoms with van der Waals surface area (Å²) in [6.07, 6.45) is 3.41. The Morgan fingerprint density at radius 3 is 2.68 bits per heavy atom. The van der Waals surface area contributed by atoms with Crippen LogP contribution in [0.4, 0.5) is 9.18 Å². The molecule has 0 spiro atoms. The van der Waals surface area contributed by atoms with E-state index in [-0.39, 0.29) is 18.6 Å². The van der Waals surface area contributed by atoms with Gasteiger partial charge >= 0.3 is 6.03 Å². The fourth-order valence-corrected chi connectivity index (χ4v) is 2.55. The van der Waals surface area contributed by atoms with Crippen molar-refractivity contribution in [3.63, 3.8) is 0 Å². The molecule has 1 atom stereocenters. The van der Waals surface area contributed by atoms with Crippen LogP contribution in [-0.2, 0) is 0 Å². The van der Waals surface area contributed by atoms with Crippen molar-refractivity contribution >= 4 is 6.03 Å². The van der Waals surface area contributed by atoms with Gasteiger partial charge in [-0.2, -0.15) is 5.10 Å². The highest BCUT2D eigenvalue weighted by atomic mass is 19.1. The third-order valence-corrected chi connectivity index (χ3v) is 3.74. The van der Waals surface area contributed by atoms with Gasteiger partial charge < -0.3 is 15.3 Å². The fourth-order valence-electron chi connectivity index (χ4n) is 2.55. The summed E-state index contributed by atoms with van der Waals surface area (Å²) < 4.78 is 15.9. The summed E-state index contributed by atoms with van der Waals surface area (Å²) >= 11 is 0. The lowest BCUT2D eigenvalue weighted by molar-refractivity contribution is 0.0528. The number of aryl methyl sites for hydroxylation is 1. The molecule has 7 heteroatoms. The van der Waals surface area contributed by atoms with Gasteiger partial charge in [-0.15, -0.1) is 0 Å². The van der Waals surface area contributed by atoms with E-state index in [1.807, 2.05) is 6.92 Å². The van der Waals surface area contributed by atoms with Crippen LogP contribution < -0.4 is 5.32 Å². The number of rotatable bonds is 5. The zero-order valence-corrected chi connectivity index (χ0v) is 15.2. The van der Waals surface area contributed by atoms with Crippen LogP contribution in [0.1, 0.15) is 37.9 Å². The first kappa shape index (κ1) is 18.9. The number of aromatic nitrogens is 2. The number of amides is 2. The molecule has 2 amide bonds. The highest BCUT2D eigenvalue weighted by molar-refractivity contribution is 5.74. The van der Waals surface area contributed by atoms with Gasteiger partial charge in [-0.3, -0.25) is 0 Å². The zero-order valence-electron chi connectivity index (χ0n) is 15.2. The molecule has 2 aromatic rings. The van der Waals surface area contributed by atoms with Gasteiger partial charge in [0.25, 0.3) is 0 Å². The van der Waals surface area contributed by atoms with Gasteiger partial charge in [-0.05, 0) is 51.0 Å². The summed E-state index contributed by atoms with van der Waals surface area (Å²) in [7, 11) is 1.60. The van der Waals surface area contributed by atoms with Crippen LogP contribution in [0.15, 0.2) is 30.6 Å². The minimum Gasteiger partial charge on any atom is -0.389 e. The average Bonchev–Trinajstić information content (AvgIpc) is 2.91. The van der Waals surface area contributed by atoms with Crippen molar-refractivity contribution in [3.05, 3.63) is 47.5 Å². The molecular formula is C18H25FN4O2. The van der Waals surface area contributed by atoms with Crippen molar-refractivity contribution in [1.29, 1.82) is 0 Å². The molecule has 0 saturated carbocycles. The maximum Gasteiger partial charge on any atom is 0.317 e. The number of urea groups is 1. The van der Waals surface area contributed by atoms with Crippen molar-refractivity contribution in [1.82, 2.24) is 20.0 Å². The van der Waals surface area contributed by atoms with Crippen LogP contribution in [0.2, 0.25) is 0 Å². The summed E-state index contributed by atoms with van der Waals surface area (Å²) in [6.45, 7) is 7.12. The normalized spacial score (nSPS) is 12.8. The lowest BCUT2D eigenvalue weighted by Gasteiger charge is -2.27. The molecular weight excluding hydrogens is 323 g/mol. The van der Waals surface area contributed by atoms with Crippen LogP contribution in [0.25, 0.3) is 5.69 Å². The standard InChI is InChI=1S/C18H25FN4O2/c1-12-9-20-23(10-12)16-7-6-14(8-15(16)19)13(2)21-17(24)22(5)11-18(3,4)25/h6-10,13,25H,11H2,1-5H3,(H,21,24). The van der Waals surface area contributed by atoms with E-state index in [2.05, 4.69) is 10.4 Å². The Labute approximate surface area is 147 Å². The van der Waals surface area contributed by atoms with Gasteiger partial charge in [-0.25, -0.2) is 13.9 Å². The molecule has 0 aliphatic carbocycles. The molecule has 1 unspecified atom stereocenters. The number of hydrogen-bond donors (Lipinski definition) is 2. The van der Waals surface area contributed by atoms with Crippen LogP contribution in [0.3, 0.4) is 0 Å². The summed E-state index contributed by atoms with van der Waals surface area (Å²) in [5, 5.41) is 16.7. The third-order valence-electron chi connectivity index (χ3n) is 3.74. The Morgan fingerprint density at radius 1 is 1.48 bits per heavy atom. The molecule has 6 nitrogen and oxygen atoms in total. The zero-order chi connectivity index (χ0) is 18.8. The van der Waals surface area contributed by atoms with Gasteiger partial charge in [0.2, 0.25) is 0 Å². The van der Waals surface area contributed by atoms with E-state index < -0.39 is 11.4 Å². The predicted octanol–water partition coefficient (Wildman–Crippen LogP) is 2.79. The molecule has 0 bridgehead atoms. The monoisotopic (exact) mass is 348 g/mol. The maximum atomic E-state index is 14.4. The summed E-state index contributed by atoms with van der Waals surface area (Å²) in [4.78, 5) is 13.6. The van der Waals surface area contributed by atoms with Gasteiger partial charge in [0.05, 0.1) is 24.4 Å². The number of hydrogen-bond acceptors (Lipinski definition) is 3. The summed E-state index contributed by atoms with van der Waals surface area (Å²) in [6, 6.07) is 4.09. The van der Waals surface area contributed by atoms with E-state index in [4.69, 9.17) is 0 Å². The SMILES string of the molecule is Cc1cnn(-c2ccc(C(C)NC(=O)N(C)CC(C)(C)O)cc2F)c1. The van der Waals surface area contributed by atoms with E-state index in [1.54, 1.807) is 52.3 Å². The molecule has 1 heterocycles. The highest BCUT2D eigenvalue weighted by Gasteiger charge is 2.21. The highest BCUT2D eigenvalue weighted by Crippen LogP contribution is 2.20. The first-order valence-corrected chi connectivity index (χ1v) is 8.12. The van der Waals surface area contributed by atoms with Gasteiger partial charge in [0, 0.05) is 13.2 Å². The van der Waals surface area contributed by atoms with E-state index in [1.165, 1.54) is 15.6 Å². The number of carbonyl (C=O) groups excluding carboxylic acids is 1. The molecule has 136 valence electrons. The lowest BCUT2D eigenvalue weighted by atomic mass is 10.1. The van der Waals surface area contributed by atoms with E-state index >= 15 is 0 Å². The molecule has 0 aliphatic rings. The van der Waals surface area contributed by atoms with Crippen LogP contribution in [0, 0.1) is 12.7 Å². The second kappa shape index (κ2) is 7.23. The minimum atomic E-state index is -0.981. The molecule has 0 radical (unpaired) electrons. The number of nitrogens with zero attached hydrogens (tertiary/aromatic N) is 3. The average molecular weight is 348 g/mol. The second-order valence-corrected chi connectivity index (χ2v) is 7.01. The predicted molar refractivity (Wildman–Crippen MR) is 94.1 cm³/mol. The number of halogens is 1. The minimum absolute atomic E-state index is 0.192. The van der Waals surface area contributed by atoms with Crippen molar-refractivity contribution in [3.8, 4) is 5.69 Å². The molecule has 0 saturated heterocycles. The van der Waals surface area contributed by atoms with Crippen molar-refractivity contribution in [2.45, 2.75) is 39.3 Å². The molecule has 1 aromatic carbocycles. The fraction of sp³-hybridized carbons (Fsp3) is 0.444. The van der Waals surface area contributed by atoms with E-state index in [0.29, 0.717) is 11.3 Å². The first-order valence-electron chi connectivity index (χ1n) is 8.12. The smallest absolute Gasteiger partial charge is 0.317 e. The largest absolute Gasteiger partial charge is 0.389 e. The lowest BCUT2D eigenvalue weighted by Crippen LogP contribution is -2.45. The Morgan fingerprint density at radius 2 is 2.16 bits per heavy atom. The summed E-state index contributed by atoms with van der Waals surface area (Å²) in [5.74, 6) is -0.411. The number of carbonyl (C=O) groups is 1. The Kier molecular flexibility index (Phi) is 5.47.